The lowest BCUT2D eigenvalue weighted by Crippen LogP contribution is -2.25. The van der Waals surface area contributed by atoms with E-state index in [1.54, 1.807) is 29.9 Å². The van der Waals surface area contributed by atoms with E-state index >= 15 is 0 Å². The summed E-state index contributed by atoms with van der Waals surface area (Å²) in [7, 11) is 4.96. The highest BCUT2D eigenvalue weighted by molar-refractivity contribution is 7.99. The standard InChI is InChI=1S/C26H28N4O4S/c1-5-13-30-25(32)24-23(19(15-29(24)2)17-9-7-6-8-10-17)28-26(30)35-16-22(31)27-20-12-11-18(33-3)14-21(20)34-4/h6-12,14-15H,5,13,16H2,1-4H3,(H,27,31). The number of carbonyl (C=O) groups is 1. The second kappa shape index (κ2) is 10.7. The molecular formula is C26H28N4O4S. The number of thioether (sulfide) groups is 1. The number of rotatable bonds is 9. The number of methoxy groups -OCH3 is 2. The zero-order valence-corrected chi connectivity index (χ0v) is 21.0. The number of benzene rings is 2. The van der Waals surface area contributed by atoms with Crippen LogP contribution in [0.2, 0.25) is 0 Å². The monoisotopic (exact) mass is 492 g/mol. The van der Waals surface area contributed by atoms with Gasteiger partial charge in [0, 0.05) is 31.4 Å². The van der Waals surface area contributed by atoms with Gasteiger partial charge in [0.25, 0.3) is 5.56 Å². The van der Waals surface area contributed by atoms with E-state index < -0.39 is 0 Å². The average Bonchev–Trinajstić information content (AvgIpc) is 3.21. The van der Waals surface area contributed by atoms with Gasteiger partial charge in [0.2, 0.25) is 5.91 Å². The maximum atomic E-state index is 13.4. The molecule has 0 aliphatic heterocycles. The van der Waals surface area contributed by atoms with E-state index in [4.69, 9.17) is 14.5 Å². The van der Waals surface area contributed by atoms with Crippen molar-refractivity contribution in [3.05, 3.63) is 65.1 Å². The molecule has 0 bridgehead atoms. The SMILES string of the molecule is CCCn1c(SCC(=O)Nc2ccc(OC)cc2OC)nc2c(-c3ccccc3)cn(C)c2c1=O. The van der Waals surface area contributed by atoms with Crippen LogP contribution < -0.4 is 20.3 Å². The quantitative estimate of drug-likeness (QED) is 0.272. The van der Waals surface area contributed by atoms with Crippen molar-refractivity contribution < 1.29 is 14.3 Å². The summed E-state index contributed by atoms with van der Waals surface area (Å²) in [5, 5.41) is 3.39. The molecule has 1 N–H and O–H groups in total. The summed E-state index contributed by atoms with van der Waals surface area (Å²) in [5.74, 6) is 0.992. The molecule has 0 radical (unpaired) electrons. The van der Waals surface area contributed by atoms with Crippen molar-refractivity contribution in [1.29, 1.82) is 0 Å². The lowest BCUT2D eigenvalue weighted by molar-refractivity contribution is -0.113. The molecule has 0 spiro atoms. The number of nitrogens with zero attached hydrogens (tertiary/aromatic N) is 3. The summed E-state index contributed by atoms with van der Waals surface area (Å²) in [5.41, 5.74) is 3.49. The number of hydrogen-bond acceptors (Lipinski definition) is 6. The lowest BCUT2D eigenvalue weighted by atomic mass is 10.1. The number of amides is 1. The van der Waals surface area contributed by atoms with Crippen LogP contribution in [-0.2, 0) is 18.4 Å². The van der Waals surface area contributed by atoms with Crippen LogP contribution in [0.15, 0.2) is 64.7 Å². The highest BCUT2D eigenvalue weighted by Crippen LogP contribution is 2.31. The Morgan fingerprint density at radius 3 is 2.57 bits per heavy atom. The maximum Gasteiger partial charge on any atom is 0.278 e. The predicted molar refractivity (Wildman–Crippen MR) is 140 cm³/mol. The largest absolute Gasteiger partial charge is 0.497 e. The van der Waals surface area contributed by atoms with Crippen LogP contribution in [0.1, 0.15) is 13.3 Å². The van der Waals surface area contributed by atoms with Crippen molar-refractivity contribution in [2.24, 2.45) is 7.05 Å². The van der Waals surface area contributed by atoms with Crippen LogP contribution in [0.5, 0.6) is 11.5 Å². The number of hydrogen-bond donors (Lipinski definition) is 1. The Morgan fingerprint density at radius 1 is 1.11 bits per heavy atom. The van der Waals surface area contributed by atoms with Crippen molar-refractivity contribution >= 4 is 34.4 Å². The molecule has 8 nitrogen and oxygen atoms in total. The van der Waals surface area contributed by atoms with Gasteiger partial charge in [-0.25, -0.2) is 4.98 Å². The summed E-state index contributed by atoms with van der Waals surface area (Å²) in [6.45, 7) is 2.53. The summed E-state index contributed by atoms with van der Waals surface area (Å²) in [4.78, 5) is 31.1. The van der Waals surface area contributed by atoms with Crippen molar-refractivity contribution in [2.45, 2.75) is 25.0 Å². The van der Waals surface area contributed by atoms with Gasteiger partial charge in [0.15, 0.2) is 5.16 Å². The molecular weight excluding hydrogens is 464 g/mol. The van der Waals surface area contributed by atoms with E-state index in [0.29, 0.717) is 39.9 Å². The predicted octanol–water partition coefficient (Wildman–Crippen LogP) is 4.56. The molecule has 4 aromatic rings. The molecule has 0 fully saturated rings. The third-order valence-corrected chi connectivity index (χ3v) is 6.56. The highest BCUT2D eigenvalue weighted by atomic mass is 32.2. The van der Waals surface area contributed by atoms with Crippen molar-refractivity contribution in [3.63, 3.8) is 0 Å². The van der Waals surface area contributed by atoms with Gasteiger partial charge in [-0.3, -0.25) is 14.2 Å². The van der Waals surface area contributed by atoms with E-state index in [-0.39, 0.29) is 17.2 Å². The number of fused-ring (bicyclic) bond motifs is 1. The fourth-order valence-corrected chi connectivity index (χ4v) is 4.75. The molecule has 0 aliphatic carbocycles. The number of carbonyl (C=O) groups excluding carboxylic acids is 1. The Labute approximate surface area is 207 Å². The second-order valence-corrected chi connectivity index (χ2v) is 8.91. The van der Waals surface area contributed by atoms with Gasteiger partial charge in [-0.2, -0.15) is 0 Å². The van der Waals surface area contributed by atoms with Crippen molar-refractivity contribution in [1.82, 2.24) is 14.1 Å². The van der Waals surface area contributed by atoms with Crippen LogP contribution in [0.3, 0.4) is 0 Å². The number of aromatic nitrogens is 3. The minimum absolute atomic E-state index is 0.0876. The Balaban J connectivity index is 1.65. The number of anilines is 1. The van der Waals surface area contributed by atoms with Crippen molar-refractivity contribution in [3.8, 4) is 22.6 Å². The highest BCUT2D eigenvalue weighted by Gasteiger charge is 2.19. The first kappa shape index (κ1) is 24.4. The summed E-state index contributed by atoms with van der Waals surface area (Å²) in [6, 6.07) is 15.0. The van der Waals surface area contributed by atoms with E-state index in [1.807, 2.05) is 55.1 Å². The number of ether oxygens (including phenoxy) is 2. The van der Waals surface area contributed by atoms with E-state index in [0.717, 1.165) is 17.5 Å². The molecule has 4 rings (SSSR count). The van der Waals surface area contributed by atoms with Crippen LogP contribution in [-0.4, -0.2) is 40.0 Å². The zero-order valence-electron chi connectivity index (χ0n) is 20.2. The smallest absolute Gasteiger partial charge is 0.278 e. The molecule has 1 amide bonds. The Hall–Kier alpha value is -3.72. The third kappa shape index (κ3) is 5.05. The molecule has 2 heterocycles. The third-order valence-electron chi connectivity index (χ3n) is 5.59. The van der Waals surface area contributed by atoms with E-state index in [9.17, 15) is 9.59 Å². The Kier molecular flexibility index (Phi) is 7.45. The zero-order chi connectivity index (χ0) is 24.9. The summed E-state index contributed by atoms with van der Waals surface area (Å²) < 4.78 is 14.1. The van der Waals surface area contributed by atoms with E-state index in [1.165, 1.54) is 18.9 Å². The molecule has 0 aliphatic rings. The molecule has 0 saturated heterocycles. The molecule has 0 unspecified atom stereocenters. The van der Waals surface area contributed by atoms with Crippen molar-refractivity contribution in [2.75, 3.05) is 25.3 Å². The molecule has 182 valence electrons. The maximum absolute atomic E-state index is 13.4. The molecule has 35 heavy (non-hydrogen) atoms. The van der Waals surface area contributed by atoms with E-state index in [2.05, 4.69) is 5.32 Å². The van der Waals surface area contributed by atoms with Gasteiger partial charge in [-0.05, 0) is 24.1 Å². The van der Waals surface area contributed by atoms with Crippen LogP contribution in [0, 0.1) is 0 Å². The molecule has 9 heteroatoms. The number of nitrogens with one attached hydrogen (secondary N) is 1. The van der Waals surface area contributed by atoms with Gasteiger partial charge in [-0.15, -0.1) is 0 Å². The van der Waals surface area contributed by atoms with Gasteiger partial charge >= 0.3 is 0 Å². The first-order valence-corrected chi connectivity index (χ1v) is 12.2. The van der Waals surface area contributed by atoms with Gasteiger partial charge < -0.3 is 19.4 Å². The summed E-state index contributed by atoms with van der Waals surface area (Å²) in [6.07, 6.45) is 2.70. The summed E-state index contributed by atoms with van der Waals surface area (Å²) >= 11 is 1.24. The normalized spacial score (nSPS) is 11.0. The van der Waals surface area contributed by atoms with Gasteiger partial charge in [-0.1, -0.05) is 49.0 Å². The van der Waals surface area contributed by atoms with Gasteiger partial charge in [0.1, 0.15) is 22.5 Å². The topological polar surface area (TPSA) is 87.4 Å². The number of aryl methyl sites for hydroxylation is 1. The Morgan fingerprint density at radius 2 is 1.89 bits per heavy atom. The molecule has 2 aromatic heterocycles. The van der Waals surface area contributed by atoms with Crippen LogP contribution >= 0.6 is 11.8 Å². The molecule has 0 saturated carbocycles. The Bertz CT molecular complexity index is 1410. The average molecular weight is 493 g/mol. The minimum Gasteiger partial charge on any atom is -0.497 e. The van der Waals surface area contributed by atoms with Gasteiger partial charge in [0.05, 0.1) is 25.7 Å². The second-order valence-electron chi connectivity index (χ2n) is 7.97. The fraction of sp³-hybridized carbons (Fsp3) is 0.269. The minimum atomic E-state index is -0.229. The molecule has 2 aromatic carbocycles. The fourth-order valence-electron chi connectivity index (χ4n) is 3.93. The first-order valence-electron chi connectivity index (χ1n) is 11.3. The molecule has 0 atom stereocenters. The first-order chi connectivity index (χ1) is 17.0. The lowest BCUT2D eigenvalue weighted by Gasteiger charge is -2.13. The van der Waals surface area contributed by atoms with Crippen LogP contribution in [0.4, 0.5) is 5.69 Å². The van der Waals surface area contributed by atoms with Crippen LogP contribution in [0.25, 0.3) is 22.2 Å².